The average Bonchev–Trinajstić information content (AvgIpc) is 2.91. The molecule has 0 aliphatic carbocycles. The average molecular weight is 535 g/mol. The number of hydrogen-bond donors (Lipinski definition) is 2. The van der Waals surface area contributed by atoms with Gasteiger partial charge in [0.25, 0.3) is 0 Å². The molecule has 0 amide bonds. The molecule has 0 unspecified atom stereocenters. The molecule has 2 heterocycles. The van der Waals surface area contributed by atoms with Gasteiger partial charge >= 0.3 is 5.97 Å². The van der Waals surface area contributed by atoms with E-state index in [9.17, 15) is 19.1 Å². The van der Waals surface area contributed by atoms with Crippen molar-refractivity contribution in [1.82, 2.24) is 9.47 Å². The second-order valence-electron chi connectivity index (χ2n) is 9.11. The highest BCUT2D eigenvalue weighted by atomic mass is 32.1. The number of pyridine rings is 1. The lowest BCUT2D eigenvalue weighted by Gasteiger charge is -2.37. The molecule has 4 aromatic rings. The summed E-state index contributed by atoms with van der Waals surface area (Å²) in [6.07, 6.45) is 1.19. The third kappa shape index (κ3) is 4.95. The first-order valence-electron chi connectivity index (χ1n) is 12.0. The van der Waals surface area contributed by atoms with Gasteiger partial charge < -0.3 is 24.8 Å². The second kappa shape index (κ2) is 10.2. The van der Waals surface area contributed by atoms with E-state index in [2.05, 4.69) is 5.32 Å². The van der Waals surface area contributed by atoms with Crippen LogP contribution in [0.25, 0.3) is 16.6 Å². The Hall–Kier alpha value is -4.31. The van der Waals surface area contributed by atoms with Crippen LogP contribution in [0.4, 0.5) is 20.2 Å². The molecular weight excluding hydrogens is 510 g/mol. The van der Waals surface area contributed by atoms with Crippen LogP contribution in [0.1, 0.15) is 15.9 Å². The molecule has 0 radical (unpaired) electrons. The van der Waals surface area contributed by atoms with Crippen molar-refractivity contribution in [1.29, 1.82) is 0 Å². The van der Waals surface area contributed by atoms with Crippen LogP contribution in [0, 0.1) is 18.6 Å². The summed E-state index contributed by atoms with van der Waals surface area (Å²) in [6, 6.07) is 15.9. The Balaban J connectivity index is 1.45. The number of rotatable bonds is 4. The van der Waals surface area contributed by atoms with Crippen LogP contribution in [0.15, 0.2) is 71.7 Å². The van der Waals surface area contributed by atoms with Crippen molar-refractivity contribution in [2.24, 2.45) is 0 Å². The van der Waals surface area contributed by atoms with Gasteiger partial charge in [-0.3, -0.25) is 4.79 Å². The molecule has 10 heteroatoms. The van der Waals surface area contributed by atoms with Crippen LogP contribution in [0.3, 0.4) is 0 Å². The Bertz CT molecular complexity index is 1600. The second-order valence-corrected chi connectivity index (χ2v) is 9.50. The number of fused-ring (bicyclic) bond motifs is 1. The van der Waals surface area contributed by atoms with Crippen molar-refractivity contribution >= 4 is 45.6 Å². The minimum absolute atomic E-state index is 0.0717. The molecule has 194 valence electrons. The first kappa shape index (κ1) is 25.3. The lowest BCUT2D eigenvalue weighted by molar-refractivity contribution is 0.0695. The standard InChI is InChI=1S/C28H24F2N4O3S/c1-17-2-6-19(7-3-17)31-28(38)33-12-10-32(11-13-33)25-15-24-21(14-23(25)30)26(35)22(27(36)37)16-34(24)20-8-4-18(29)5-9-20/h2-9,14-16H,10-13H2,1H3,(H,31,38)(H,36,37). The Morgan fingerprint density at radius 3 is 2.26 bits per heavy atom. The van der Waals surface area contributed by atoms with Crippen molar-refractivity contribution in [2.75, 3.05) is 36.4 Å². The van der Waals surface area contributed by atoms with Gasteiger partial charge in [0.1, 0.15) is 17.2 Å². The van der Waals surface area contributed by atoms with E-state index in [1.807, 2.05) is 41.0 Å². The zero-order valence-electron chi connectivity index (χ0n) is 20.4. The number of carbonyl (C=O) groups is 1. The Kier molecular flexibility index (Phi) is 6.81. The summed E-state index contributed by atoms with van der Waals surface area (Å²) < 4.78 is 30.4. The number of carboxylic acids is 1. The van der Waals surface area contributed by atoms with E-state index in [1.165, 1.54) is 35.0 Å². The van der Waals surface area contributed by atoms with Crippen LogP contribution in [-0.2, 0) is 0 Å². The number of carboxylic acid groups (broad SMARTS) is 1. The van der Waals surface area contributed by atoms with E-state index in [0.717, 1.165) is 17.3 Å². The molecule has 1 saturated heterocycles. The molecule has 38 heavy (non-hydrogen) atoms. The molecule has 1 fully saturated rings. The van der Waals surface area contributed by atoms with Crippen molar-refractivity contribution < 1.29 is 18.7 Å². The van der Waals surface area contributed by atoms with Crippen LogP contribution >= 0.6 is 12.2 Å². The summed E-state index contributed by atoms with van der Waals surface area (Å²) in [6.45, 7) is 4.07. The lowest BCUT2D eigenvalue weighted by Crippen LogP contribution is -2.50. The van der Waals surface area contributed by atoms with Gasteiger partial charge in [-0.25, -0.2) is 13.6 Å². The number of halogens is 2. The SMILES string of the molecule is Cc1ccc(NC(=S)N2CCN(c3cc4c(cc3F)c(=O)c(C(=O)O)cn4-c3ccc(F)cc3)CC2)cc1. The van der Waals surface area contributed by atoms with Gasteiger partial charge in [0.05, 0.1) is 11.2 Å². The highest BCUT2D eigenvalue weighted by Gasteiger charge is 2.24. The van der Waals surface area contributed by atoms with Crippen molar-refractivity contribution in [3.8, 4) is 5.69 Å². The maximum absolute atomic E-state index is 15.3. The maximum Gasteiger partial charge on any atom is 0.341 e. The number of benzene rings is 3. The highest BCUT2D eigenvalue weighted by Crippen LogP contribution is 2.28. The van der Waals surface area contributed by atoms with E-state index >= 15 is 4.39 Å². The van der Waals surface area contributed by atoms with Crippen LogP contribution in [0.2, 0.25) is 0 Å². The predicted octanol–water partition coefficient (Wildman–Crippen LogP) is 4.79. The maximum atomic E-state index is 15.3. The zero-order chi connectivity index (χ0) is 27.0. The number of nitrogens with zero attached hydrogens (tertiary/aromatic N) is 3. The zero-order valence-corrected chi connectivity index (χ0v) is 21.3. The van der Waals surface area contributed by atoms with Gasteiger partial charge in [0.15, 0.2) is 5.11 Å². The smallest absolute Gasteiger partial charge is 0.341 e. The minimum atomic E-state index is -1.43. The number of aromatic carboxylic acids is 1. The summed E-state index contributed by atoms with van der Waals surface area (Å²) in [7, 11) is 0. The number of aromatic nitrogens is 1. The minimum Gasteiger partial charge on any atom is -0.477 e. The van der Waals surface area contributed by atoms with Crippen molar-refractivity contribution in [3.63, 3.8) is 0 Å². The third-order valence-corrected chi connectivity index (χ3v) is 6.98. The van der Waals surface area contributed by atoms with Crippen LogP contribution < -0.4 is 15.6 Å². The van der Waals surface area contributed by atoms with E-state index < -0.39 is 28.6 Å². The lowest BCUT2D eigenvalue weighted by atomic mass is 10.1. The van der Waals surface area contributed by atoms with Gasteiger partial charge in [0.2, 0.25) is 5.43 Å². The summed E-state index contributed by atoms with van der Waals surface area (Å²) in [5.41, 5.74) is 1.80. The topological polar surface area (TPSA) is 77.8 Å². The Morgan fingerprint density at radius 2 is 1.63 bits per heavy atom. The molecule has 1 aromatic heterocycles. The Morgan fingerprint density at radius 1 is 0.974 bits per heavy atom. The summed E-state index contributed by atoms with van der Waals surface area (Å²) >= 11 is 5.57. The first-order chi connectivity index (χ1) is 18.2. The van der Waals surface area contributed by atoms with Crippen LogP contribution in [-0.4, -0.2) is 51.8 Å². The van der Waals surface area contributed by atoms with Gasteiger partial charge in [-0.15, -0.1) is 0 Å². The number of piperazine rings is 1. The quantitative estimate of drug-likeness (QED) is 0.365. The molecule has 0 spiro atoms. The summed E-state index contributed by atoms with van der Waals surface area (Å²) in [4.78, 5) is 28.5. The molecule has 7 nitrogen and oxygen atoms in total. The molecule has 3 aromatic carbocycles. The largest absolute Gasteiger partial charge is 0.477 e. The first-order valence-corrected chi connectivity index (χ1v) is 12.4. The highest BCUT2D eigenvalue weighted by molar-refractivity contribution is 7.80. The molecule has 0 bridgehead atoms. The van der Waals surface area contributed by atoms with Crippen LogP contribution in [0.5, 0.6) is 0 Å². The van der Waals surface area contributed by atoms with Gasteiger partial charge in [0, 0.05) is 49.1 Å². The monoisotopic (exact) mass is 534 g/mol. The fourth-order valence-corrected chi connectivity index (χ4v) is 4.83. The van der Waals surface area contributed by atoms with Crippen molar-refractivity contribution in [2.45, 2.75) is 6.92 Å². The molecule has 2 N–H and O–H groups in total. The molecule has 0 atom stereocenters. The Labute approximate surface area is 222 Å². The fraction of sp³-hybridized carbons (Fsp3) is 0.179. The summed E-state index contributed by atoms with van der Waals surface area (Å²) in [5.74, 6) is -2.52. The number of thiocarbonyl (C=S) groups is 1. The normalized spacial score (nSPS) is 13.6. The van der Waals surface area contributed by atoms with E-state index in [0.29, 0.717) is 42.5 Å². The number of nitrogens with one attached hydrogen (secondary N) is 1. The number of hydrogen-bond acceptors (Lipinski definition) is 4. The van der Waals surface area contributed by atoms with Gasteiger partial charge in [-0.2, -0.15) is 0 Å². The molecule has 5 rings (SSSR count). The van der Waals surface area contributed by atoms with E-state index in [4.69, 9.17) is 12.2 Å². The molecular formula is C28H24F2N4O3S. The number of aryl methyl sites for hydroxylation is 1. The number of anilines is 2. The fourth-order valence-electron chi connectivity index (χ4n) is 4.53. The molecule has 1 aliphatic heterocycles. The van der Waals surface area contributed by atoms with Gasteiger partial charge in [-0.1, -0.05) is 17.7 Å². The van der Waals surface area contributed by atoms with Crippen molar-refractivity contribution in [3.05, 3.63) is 99.8 Å². The van der Waals surface area contributed by atoms with E-state index in [-0.39, 0.29) is 11.1 Å². The molecule has 1 aliphatic rings. The van der Waals surface area contributed by atoms with E-state index in [1.54, 1.807) is 6.07 Å². The summed E-state index contributed by atoms with van der Waals surface area (Å²) in [5, 5.41) is 13.3. The molecule has 0 saturated carbocycles. The third-order valence-electron chi connectivity index (χ3n) is 6.62. The van der Waals surface area contributed by atoms with Gasteiger partial charge in [-0.05, 0) is 67.7 Å². The predicted molar refractivity (Wildman–Crippen MR) is 148 cm³/mol.